The van der Waals surface area contributed by atoms with Gasteiger partial charge >= 0.3 is 0 Å². The zero-order valence-electron chi connectivity index (χ0n) is 5.10. The van der Waals surface area contributed by atoms with E-state index in [0.29, 0.717) is 6.21 Å². The lowest BCUT2D eigenvalue weighted by atomic mass is 10.4. The number of ketones is 1. The van der Waals surface area contributed by atoms with E-state index in [0.717, 1.165) is 0 Å². The van der Waals surface area contributed by atoms with Crippen molar-refractivity contribution in [3.63, 3.8) is 0 Å². The molecule has 0 fully saturated rings. The highest BCUT2D eigenvalue weighted by Crippen LogP contribution is 1.62. The maximum absolute atomic E-state index is 10.3. The second kappa shape index (κ2) is 3.77. The van der Waals surface area contributed by atoms with Crippen molar-refractivity contribution in [2.45, 2.75) is 6.92 Å². The summed E-state index contributed by atoms with van der Waals surface area (Å²) in [5, 5.41) is 8.68. The Bertz CT molecular complexity index is 142. The van der Waals surface area contributed by atoms with Crippen LogP contribution in [0.2, 0.25) is 0 Å². The molecule has 0 radical (unpaired) electrons. The van der Waals surface area contributed by atoms with E-state index >= 15 is 0 Å². The van der Waals surface area contributed by atoms with Crippen LogP contribution in [-0.4, -0.2) is 24.4 Å². The van der Waals surface area contributed by atoms with Gasteiger partial charge in [0, 0.05) is 6.92 Å². The van der Waals surface area contributed by atoms with Gasteiger partial charge in [0.25, 0.3) is 0 Å². The molecule has 0 aromatic heterocycles. The monoisotopic (exact) mass is 128 g/mol. The largest absolute Gasteiger partial charge is 0.349 e. The molecule has 4 nitrogen and oxygen atoms in total. The van der Waals surface area contributed by atoms with Crippen LogP contribution in [0, 0.1) is 5.41 Å². The summed E-state index contributed by atoms with van der Waals surface area (Å²) < 4.78 is 0. The number of hydrogen-bond donors (Lipinski definition) is 2. The number of rotatable bonds is 3. The van der Waals surface area contributed by atoms with Crippen LogP contribution >= 0.6 is 0 Å². The number of carbonyl (C=O) groups is 2. The summed E-state index contributed by atoms with van der Waals surface area (Å²) >= 11 is 0. The molecule has 0 rings (SSSR count). The molecule has 4 heteroatoms. The number of carbonyl (C=O) groups excluding carboxylic acids is 2. The number of hydrogen-bond acceptors (Lipinski definition) is 3. The third-order valence-electron chi connectivity index (χ3n) is 0.673. The van der Waals surface area contributed by atoms with Gasteiger partial charge < -0.3 is 10.7 Å². The lowest BCUT2D eigenvalue weighted by Crippen LogP contribution is -2.27. The van der Waals surface area contributed by atoms with E-state index in [1.165, 1.54) is 6.92 Å². The summed E-state index contributed by atoms with van der Waals surface area (Å²) in [6.45, 7) is 1.25. The van der Waals surface area contributed by atoms with Gasteiger partial charge in [-0.15, -0.1) is 0 Å². The average molecular weight is 128 g/mol. The van der Waals surface area contributed by atoms with Crippen LogP contribution in [0.3, 0.4) is 0 Å². The predicted molar refractivity (Wildman–Crippen MR) is 32.5 cm³/mol. The lowest BCUT2D eigenvalue weighted by Gasteiger charge is -1.93. The van der Waals surface area contributed by atoms with E-state index in [2.05, 4.69) is 5.32 Å². The van der Waals surface area contributed by atoms with Gasteiger partial charge in [-0.2, -0.15) is 0 Å². The van der Waals surface area contributed by atoms with Crippen LogP contribution in [0.4, 0.5) is 0 Å². The fourth-order valence-corrected chi connectivity index (χ4v) is 0.263. The molecule has 0 aromatic rings. The van der Waals surface area contributed by atoms with E-state index in [-0.39, 0.29) is 12.5 Å². The minimum absolute atomic E-state index is 0.0706. The standard InChI is InChI=1S/C5H8N2O2/c1-4(8)7-3-5(9)2-6/h2,6H,3H2,1H3,(H,7,8). The summed E-state index contributed by atoms with van der Waals surface area (Å²) in [7, 11) is 0. The highest BCUT2D eigenvalue weighted by atomic mass is 16.2. The zero-order chi connectivity index (χ0) is 7.28. The molecule has 0 unspecified atom stereocenters. The van der Waals surface area contributed by atoms with E-state index in [4.69, 9.17) is 5.41 Å². The molecular weight excluding hydrogens is 120 g/mol. The molecule has 0 saturated heterocycles. The maximum atomic E-state index is 10.3. The van der Waals surface area contributed by atoms with Crippen molar-refractivity contribution in [1.29, 1.82) is 5.41 Å². The Morgan fingerprint density at radius 2 is 2.22 bits per heavy atom. The Hall–Kier alpha value is -1.19. The van der Waals surface area contributed by atoms with Gasteiger partial charge in [0.05, 0.1) is 12.8 Å². The summed E-state index contributed by atoms with van der Waals surface area (Å²) in [5.41, 5.74) is 0. The Labute approximate surface area is 52.8 Å². The quantitative estimate of drug-likeness (QED) is 0.495. The van der Waals surface area contributed by atoms with Gasteiger partial charge in [0.15, 0.2) is 5.78 Å². The smallest absolute Gasteiger partial charge is 0.217 e. The van der Waals surface area contributed by atoms with Gasteiger partial charge in [-0.3, -0.25) is 9.59 Å². The third kappa shape index (κ3) is 4.67. The van der Waals surface area contributed by atoms with E-state index in [9.17, 15) is 9.59 Å². The van der Waals surface area contributed by atoms with Crippen molar-refractivity contribution in [3.8, 4) is 0 Å². The molecule has 0 aliphatic heterocycles. The second-order valence-corrected chi connectivity index (χ2v) is 1.52. The van der Waals surface area contributed by atoms with Crippen molar-refractivity contribution < 1.29 is 9.59 Å². The van der Waals surface area contributed by atoms with Crippen LogP contribution in [0.25, 0.3) is 0 Å². The topological polar surface area (TPSA) is 70.0 Å². The Morgan fingerprint density at radius 1 is 1.67 bits per heavy atom. The van der Waals surface area contributed by atoms with Crippen LogP contribution < -0.4 is 5.32 Å². The van der Waals surface area contributed by atoms with Gasteiger partial charge in [0.2, 0.25) is 5.91 Å². The molecule has 1 amide bonds. The predicted octanol–water partition coefficient (Wildman–Crippen LogP) is -0.659. The molecule has 0 bridgehead atoms. The molecule has 50 valence electrons. The Balaban J connectivity index is 3.39. The fourth-order valence-electron chi connectivity index (χ4n) is 0.263. The summed E-state index contributed by atoms with van der Waals surface area (Å²) in [4.78, 5) is 20.4. The van der Waals surface area contributed by atoms with Crippen LogP contribution in [-0.2, 0) is 9.59 Å². The zero-order valence-corrected chi connectivity index (χ0v) is 5.10. The lowest BCUT2D eigenvalue weighted by molar-refractivity contribution is -0.121. The Kier molecular flexibility index (Phi) is 3.27. The molecule has 2 N–H and O–H groups in total. The normalized spacial score (nSPS) is 8.11. The van der Waals surface area contributed by atoms with Gasteiger partial charge in [-0.05, 0) is 0 Å². The minimum Gasteiger partial charge on any atom is -0.349 e. The SMILES string of the molecule is CC(=O)NCC(=O)C=N. The molecular formula is C5H8N2O2. The van der Waals surface area contributed by atoms with Gasteiger partial charge in [-0.1, -0.05) is 0 Å². The highest BCUT2D eigenvalue weighted by Gasteiger charge is 1.95. The van der Waals surface area contributed by atoms with Crippen molar-refractivity contribution in [2.24, 2.45) is 0 Å². The van der Waals surface area contributed by atoms with Crippen molar-refractivity contribution >= 4 is 17.9 Å². The van der Waals surface area contributed by atoms with Crippen LogP contribution in [0.1, 0.15) is 6.92 Å². The number of nitrogens with one attached hydrogen (secondary N) is 2. The first-order valence-electron chi connectivity index (χ1n) is 2.44. The fraction of sp³-hybridized carbons (Fsp3) is 0.400. The van der Waals surface area contributed by atoms with Crippen molar-refractivity contribution in [1.82, 2.24) is 5.32 Å². The first kappa shape index (κ1) is 7.81. The molecule has 0 aliphatic carbocycles. The van der Waals surface area contributed by atoms with E-state index < -0.39 is 5.78 Å². The summed E-state index contributed by atoms with van der Waals surface area (Å²) in [5.74, 6) is -0.657. The van der Waals surface area contributed by atoms with Crippen molar-refractivity contribution in [2.75, 3.05) is 6.54 Å². The van der Waals surface area contributed by atoms with Gasteiger partial charge in [0.1, 0.15) is 0 Å². The van der Waals surface area contributed by atoms with E-state index in [1.807, 2.05) is 0 Å². The first-order valence-corrected chi connectivity index (χ1v) is 2.44. The average Bonchev–Trinajstić information content (AvgIpc) is 1.83. The highest BCUT2D eigenvalue weighted by molar-refractivity contribution is 6.27. The number of amides is 1. The molecule has 9 heavy (non-hydrogen) atoms. The first-order chi connectivity index (χ1) is 4.16. The second-order valence-electron chi connectivity index (χ2n) is 1.52. The molecule has 0 heterocycles. The molecule has 0 atom stereocenters. The minimum atomic E-state index is -0.398. The van der Waals surface area contributed by atoms with Gasteiger partial charge in [-0.25, -0.2) is 0 Å². The molecule has 0 aromatic carbocycles. The summed E-state index contributed by atoms with van der Waals surface area (Å²) in [6.07, 6.45) is 0.677. The Morgan fingerprint density at radius 3 is 2.56 bits per heavy atom. The molecule has 0 aliphatic rings. The van der Waals surface area contributed by atoms with E-state index in [1.54, 1.807) is 0 Å². The van der Waals surface area contributed by atoms with Crippen LogP contribution in [0.15, 0.2) is 0 Å². The maximum Gasteiger partial charge on any atom is 0.217 e. The van der Waals surface area contributed by atoms with Crippen molar-refractivity contribution in [3.05, 3.63) is 0 Å². The molecule has 0 saturated carbocycles. The van der Waals surface area contributed by atoms with Crippen LogP contribution in [0.5, 0.6) is 0 Å². The summed E-state index contributed by atoms with van der Waals surface area (Å²) in [6, 6.07) is 0. The number of Topliss-reactive ketones (excluding diaryl/α,β-unsaturated/α-hetero) is 1. The third-order valence-corrected chi connectivity index (χ3v) is 0.673. The molecule has 0 spiro atoms.